The van der Waals surface area contributed by atoms with Crippen molar-refractivity contribution in [3.8, 4) is 0 Å². The van der Waals surface area contributed by atoms with Crippen molar-refractivity contribution in [3.05, 3.63) is 28.8 Å². The number of aliphatic hydroxyl groups is 6. The normalized spacial score (nSPS) is 29.9. The molecule has 6 amide bonds. The molecule has 11 unspecified atom stereocenters. The number of ether oxygens (including phenoxy) is 12. The summed E-state index contributed by atoms with van der Waals surface area (Å²) in [5.74, 6) is -0.807. The number of amides is 6. The summed E-state index contributed by atoms with van der Waals surface area (Å²) in [5, 5.41) is 88.3. The molecule has 102 heavy (non-hydrogen) atoms. The van der Waals surface area contributed by atoms with Gasteiger partial charge in [-0.3, -0.25) is 4.18 Å². The fourth-order valence-electron chi connectivity index (χ4n) is 11.3. The van der Waals surface area contributed by atoms with Gasteiger partial charge in [0.15, 0.2) is 18.9 Å². The number of carbonyl (C=O) groups is 6. The molecule has 0 aromatic heterocycles. The maximum Gasteiger partial charge on any atom is 0.408 e. The molecular weight excluding hydrogens is 1360 g/mol. The summed E-state index contributed by atoms with van der Waals surface area (Å²) in [6, 6.07) is -3.24. The average Bonchev–Trinajstić information content (AvgIpc) is 1.15. The van der Waals surface area contributed by atoms with E-state index in [0.717, 1.165) is 5.56 Å². The second-order valence-electron chi connectivity index (χ2n) is 33.0. The Hall–Kier alpha value is -5.73. The van der Waals surface area contributed by atoms with Crippen LogP contribution in [0.15, 0.2) is 17.0 Å². The van der Waals surface area contributed by atoms with Crippen molar-refractivity contribution in [2.75, 3.05) is 19.7 Å². The average molecular weight is 1480 g/mol. The summed E-state index contributed by atoms with van der Waals surface area (Å²) in [6.45, 7) is 37.2. The van der Waals surface area contributed by atoms with Crippen LogP contribution in [0.25, 0.3) is 0 Å². The lowest BCUT2D eigenvalue weighted by molar-refractivity contribution is -0.311. The Bertz CT molecular complexity index is 3080. The van der Waals surface area contributed by atoms with Gasteiger partial charge in [-0.05, 0) is 165 Å². The highest BCUT2D eigenvalue weighted by molar-refractivity contribution is 7.86. The van der Waals surface area contributed by atoms with Crippen LogP contribution in [0.2, 0.25) is 0 Å². The second-order valence-corrected chi connectivity index (χ2v) is 34.5. The van der Waals surface area contributed by atoms with Gasteiger partial charge in [0.1, 0.15) is 124 Å². The molecule has 3 aliphatic heterocycles. The summed E-state index contributed by atoms with van der Waals surface area (Å²) in [4.78, 5) is 81.4. The van der Waals surface area contributed by atoms with E-state index in [4.69, 9.17) is 61.0 Å². The monoisotopic (exact) mass is 1480 g/mol. The first-order valence-corrected chi connectivity index (χ1v) is 35.8. The zero-order chi connectivity index (χ0) is 77.7. The van der Waals surface area contributed by atoms with Crippen molar-refractivity contribution in [1.29, 1.82) is 0 Å². The van der Waals surface area contributed by atoms with Crippen LogP contribution in [0.4, 0.5) is 28.8 Å². The van der Waals surface area contributed by atoms with Gasteiger partial charge in [-0.1, -0.05) is 53.7 Å². The molecule has 4 aliphatic rings. The molecule has 1 aromatic carbocycles. The number of alkyl carbamates (subject to hydrolysis) is 6. The number of hydrogen-bond donors (Lipinski definition) is 12. The number of nitrogens with one attached hydrogen (secondary N) is 6. The largest absolute Gasteiger partial charge is 0.444 e. The molecule has 19 atom stereocenters. The molecule has 34 heteroatoms. The van der Waals surface area contributed by atoms with E-state index >= 15 is 8.42 Å². The zero-order valence-corrected chi connectivity index (χ0v) is 64.2. The summed E-state index contributed by atoms with van der Waals surface area (Å²) in [5.41, 5.74) is -4.95. The third-order valence-electron chi connectivity index (χ3n) is 15.7. The predicted molar refractivity (Wildman–Crippen MR) is 364 cm³/mol. The lowest BCUT2D eigenvalue weighted by Crippen LogP contribution is -2.70. The molecule has 3 saturated heterocycles. The molecule has 1 saturated carbocycles. The first kappa shape index (κ1) is 86.9. The molecular formula is C68H116N6O27S. The van der Waals surface area contributed by atoms with E-state index in [1.807, 2.05) is 41.5 Å². The van der Waals surface area contributed by atoms with Gasteiger partial charge in [0.2, 0.25) is 0 Å². The van der Waals surface area contributed by atoms with Crippen LogP contribution >= 0.6 is 0 Å². The molecule has 5 rings (SSSR count). The van der Waals surface area contributed by atoms with Crippen molar-refractivity contribution in [3.63, 3.8) is 0 Å². The molecule has 0 bridgehead atoms. The Kier molecular flexibility index (Phi) is 29.2. The Labute approximate surface area is 598 Å². The van der Waals surface area contributed by atoms with Crippen molar-refractivity contribution in [1.82, 2.24) is 31.9 Å². The van der Waals surface area contributed by atoms with Gasteiger partial charge in [0, 0.05) is 13.1 Å². The van der Waals surface area contributed by atoms with Gasteiger partial charge >= 0.3 is 36.6 Å². The van der Waals surface area contributed by atoms with Crippen molar-refractivity contribution >= 4 is 46.7 Å². The Morgan fingerprint density at radius 2 is 0.755 bits per heavy atom. The van der Waals surface area contributed by atoms with E-state index in [0.29, 0.717) is 11.1 Å². The van der Waals surface area contributed by atoms with E-state index in [9.17, 15) is 59.4 Å². The number of benzene rings is 1. The molecule has 33 nitrogen and oxygen atoms in total. The minimum atomic E-state index is -4.88. The maximum atomic E-state index is 15.1. The SMILES string of the molecule is CC(C)c1cc(C(C)C)c(S(=O)(=O)OC[C@H]2O[C@@H](OC3C(O)[C@H](NC(=O)OC(C)(C)C)CC(NC(=O)OC(C)(C)C)[C@H]3O[C@H]3OC(CNC(=O)OC(C)(C)C)[C@@H](O)C(O)C3NC(=O)OC(C)(C)C)C(O)C2OC2O[C@@H](CNC(=O)OC(C)(C)C)C(O)C(O)[C@H]2NC(=O)OC(C)(C)C)c(C(C)C)c1. The first-order valence-electron chi connectivity index (χ1n) is 34.4. The predicted octanol–water partition coefficient (Wildman–Crippen LogP) is 5.28. The highest BCUT2D eigenvalue weighted by atomic mass is 32.2. The summed E-state index contributed by atoms with van der Waals surface area (Å²) >= 11 is 0. The smallest absolute Gasteiger partial charge is 0.408 e. The third-order valence-corrected chi connectivity index (χ3v) is 17.1. The van der Waals surface area contributed by atoms with Gasteiger partial charge in [-0.15, -0.1) is 0 Å². The lowest BCUT2D eigenvalue weighted by Gasteiger charge is -2.49. The standard InChI is InChI=1S/C68H116N6O27S/c1-31(2)34-25-35(32(3)4)53(36(26-34)33(5)6)102(87,88)89-30-41-51(94-55-43(74-62(86)101-68(22,23)24)48(79)46(77)40(91-55)29-70-58(82)97-64(10,11)12)49(80)56(92-41)95-52-44(75)37(71-59(83)98-65(13,14)15)27-38(72-60(84)99-66(16,17)18)50(52)93-54-42(73-61(85)100-67(19,20)21)47(78)45(76)39(90-54)28-69-57(81)96-63(7,8)9/h25-26,31-33,37-52,54-56,75-80H,27-30H2,1-24H3,(H,69,81)(H,70,82)(H,71,83)(H,72,84)(H,73,85)(H,74,86)/t37-,38?,39?,40+,41-,42?,43-,44?,45-,46?,47?,48?,49?,50-,51?,52?,54-,55?,56+/m1/s1. The zero-order valence-electron chi connectivity index (χ0n) is 63.3. The first-order chi connectivity index (χ1) is 46.4. The molecule has 0 radical (unpaired) electrons. The van der Waals surface area contributed by atoms with Gasteiger partial charge in [-0.2, -0.15) is 8.42 Å². The molecule has 0 spiro atoms. The Morgan fingerprint density at radius 3 is 1.12 bits per heavy atom. The topological polar surface area (TPSA) is 450 Å². The van der Waals surface area contributed by atoms with E-state index in [1.54, 1.807) is 137 Å². The Balaban J connectivity index is 1.77. The third kappa shape index (κ3) is 25.8. The van der Waals surface area contributed by atoms with Gasteiger partial charge in [0.05, 0.1) is 18.7 Å². The molecule has 586 valence electrons. The number of aliphatic hydroxyl groups excluding tert-OH is 6. The number of rotatable bonds is 21. The number of hydrogen-bond acceptors (Lipinski definition) is 27. The van der Waals surface area contributed by atoms with Crippen LogP contribution < -0.4 is 31.9 Å². The van der Waals surface area contributed by atoms with Crippen molar-refractivity contribution in [2.45, 2.75) is 345 Å². The highest BCUT2D eigenvalue weighted by Gasteiger charge is 2.58. The fraction of sp³-hybridized carbons (Fsp3) is 0.824. The fourth-order valence-corrected chi connectivity index (χ4v) is 12.9. The highest BCUT2D eigenvalue weighted by Crippen LogP contribution is 2.40. The van der Waals surface area contributed by atoms with Crippen LogP contribution in [-0.2, 0) is 71.1 Å². The van der Waals surface area contributed by atoms with E-state index < -0.39 is 223 Å². The van der Waals surface area contributed by atoms with Crippen molar-refractivity contribution in [2.24, 2.45) is 0 Å². The Morgan fingerprint density at radius 1 is 0.422 bits per heavy atom. The van der Waals surface area contributed by atoms with E-state index in [2.05, 4.69) is 31.9 Å². The molecule has 12 N–H and O–H groups in total. The van der Waals surface area contributed by atoms with Gasteiger partial charge in [-0.25, -0.2) is 28.8 Å². The maximum absolute atomic E-state index is 15.1. The molecule has 3 heterocycles. The summed E-state index contributed by atoms with van der Waals surface area (Å²) < 4.78 is 109. The van der Waals surface area contributed by atoms with Crippen LogP contribution in [0.5, 0.6) is 0 Å². The van der Waals surface area contributed by atoms with E-state index in [-0.39, 0.29) is 22.6 Å². The molecule has 1 aliphatic carbocycles. The summed E-state index contributed by atoms with van der Waals surface area (Å²) in [6.07, 6.45) is -36.6. The molecule has 1 aromatic rings. The van der Waals surface area contributed by atoms with Gasteiger partial charge < -0.3 is 119 Å². The lowest BCUT2D eigenvalue weighted by atomic mass is 9.83. The van der Waals surface area contributed by atoms with Crippen LogP contribution in [-0.4, -0.2) is 245 Å². The van der Waals surface area contributed by atoms with Gasteiger partial charge in [0.25, 0.3) is 10.1 Å². The minimum Gasteiger partial charge on any atom is -0.444 e. The second kappa shape index (κ2) is 34.2. The minimum absolute atomic E-state index is 0.0293. The van der Waals surface area contributed by atoms with Crippen molar-refractivity contribution < 1.29 is 129 Å². The number of carbonyl (C=O) groups excluding carboxylic acids is 6. The summed E-state index contributed by atoms with van der Waals surface area (Å²) in [7, 11) is -4.88. The van der Waals surface area contributed by atoms with Crippen LogP contribution in [0, 0.1) is 0 Å². The van der Waals surface area contributed by atoms with Crippen LogP contribution in [0.1, 0.15) is 207 Å². The quantitative estimate of drug-likeness (QED) is 0.0550. The van der Waals surface area contributed by atoms with Crippen LogP contribution in [0.3, 0.4) is 0 Å². The van der Waals surface area contributed by atoms with E-state index in [1.165, 1.54) is 0 Å². The molecule has 4 fully saturated rings.